The number of aromatic nitrogens is 2. The second-order valence-electron chi connectivity index (χ2n) is 5.82. The largest absolute Gasteiger partial charge is 0.331 e. The highest BCUT2D eigenvalue weighted by Gasteiger charge is 2.45. The van der Waals surface area contributed by atoms with Crippen molar-refractivity contribution in [3.63, 3.8) is 0 Å². The molecule has 0 unspecified atom stereocenters. The Morgan fingerprint density at radius 2 is 2.16 bits per heavy atom. The van der Waals surface area contributed by atoms with Crippen LogP contribution in [-0.2, 0) is 6.54 Å². The van der Waals surface area contributed by atoms with Crippen LogP contribution in [0.3, 0.4) is 0 Å². The van der Waals surface area contributed by atoms with E-state index in [1.54, 1.807) is 6.07 Å². The molecule has 1 aliphatic carbocycles. The zero-order valence-electron chi connectivity index (χ0n) is 11.0. The molecule has 1 N–H and O–H groups in total. The van der Waals surface area contributed by atoms with Crippen LogP contribution in [-0.4, -0.2) is 9.55 Å². The molecule has 102 valence electrons. The molecule has 0 amide bonds. The van der Waals surface area contributed by atoms with Gasteiger partial charge in [0.1, 0.15) is 5.82 Å². The molecule has 1 fully saturated rings. The zero-order valence-corrected chi connectivity index (χ0v) is 13.9. The Hall–Kier alpha value is -0.430. The first-order valence-corrected chi connectivity index (χ1v) is 7.99. The molecule has 0 radical (unpaired) electrons. The van der Waals surface area contributed by atoms with Gasteiger partial charge < -0.3 is 9.55 Å². The van der Waals surface area contributed by atoms with Crippen molar-refractivity contribution in [3.05, 3.63) is 26.3 Å². The fraction of sp³-hybridized carbons (Fsp3) is 0.500. The summed E-state index contributed by atoms with van der Waals surface area (Å²) < 4.78 is 17.2. The van der Waals surface area contributed by atoms with E-state index in [0.717, 1.165) is 17.6 Å². The highest BCUT2D eigenvalue weighted by atomic mass is 127. The summed E-state index contributed by atoms with van der Waals surface area (Å²) in [6, 6.07) is 3.42. The van der Waals surface area contributed by atoms with Crippen molar-refractivity contribution < 1.29 is 4.39 Å². The molecule has 0 atom stereocenters. The van der Waals surface area contributed by atoms with Crippen LogP contribution >= 0.6 is 34.8 Å². The minimum atomic E-state index is -0.176. The maximum atomic E-state index is 13.8. The summed E-state index contributed by atoms with van der Waals surface area (Å²) in [5.41, 5.74) is 2.16. The van der Waals surface area contributed by atoms with Crippen LogP contribution in [0.1, 0.15) is 26.7 Å². The van der Waals surface area contributed by atoms with Gasteiger partial charge in [-0.15, -0.1) is 0 Å². The topological polar surface area (TPSA) is 20.7 Å². The lowest BCUT2D eigenvalue weighted by Gasteiger charge is -2.20. The molecule has 2 aromatic rings. The Bertz CT molecular complexity index is 697. The molecule has 1 aromatic carbocycles. The number of halogens is 2. The summed E-state index contributed by atoms with van der Waals surface area (Å²) >= 11 is 7.41. The molecule has 0 spiro atoms. The summed E-state index contributed by atoms with van der Waals surface area (Å²) in [6.07, 6.45) is 2.48. The van der Waals surface area contributed by atoms with Crippen molar-refractivity contribution in [1.82, 2.24) is 9.55 Å². The Morgan fingerprint density at radius 3 is 2.74 bits per heavy atom. The fourth-order valence-corrected chi connectivity index (χ4v) is 3.44. The monoisotopic (exact) mass is 390 g/mol. The van der Waals surface area contributed by atoms with E-state index in [9.17, 15) is 4.39 Å². The number of imidazole rings is 1. The Labute approximate surface area is 130 Å². The van der Waals surface area contributed by atoms with Gasteiger partial charge >= 0.3 is 0 Å². The number of rotatable bonds is 3. The smallest absolute Gasteiger partial charge is 0.178 e. The molecular weight excluding hydrogens is 374 g/mol. The number of H-pyrrole nitrogens is 1. The van der Waals surface area contributed by atoms with E-state index < -0.39 is 0 Å². The summed E-state index contributed by atoms with van der Waals surface area (Å²) in [7, 11) is 0. The van der Waals surface area contributed by atoms with Crippen molar-refractivity contribution in [2.75, 3.05) is 0 Å². The first kappa shape index (κ1) is 13.5. The second-order valence-corrected chi connectivity index (χ2v) is 7.37. The van der Waals surface area contributed by atoms with Gasteiger partial charge in [-0.25, -0.2) is 4.39 Å². The van der Waals surface area contributed by atoms with Crippen LogP contribution in [0.25, 0.3) is 11.0 Å². The number of hydrogen-bond acceptors (Lipinski definition) is 1. The number of nitrogens with zero attached hydrogens (tertiary/aromatic N) is 1. The quantitative estimate of drug-likeness (QED) is 0.585. The number of fused-ring (bicyclic) bond motifs is 1. The summed E-state index contributed by atoms with van der Waals surface area (Å²) in [5, 5.41) is 0. The molecule has 0 aliphatic heterocycles. The summed E-state index contributed by atoms with van der Waals surface area (Å²) in [4.78, 5) is 3.19. The van der Waals surface area contributed by atoms with Gasteiger partial charge in [0.2, 0.25) is 0 Å². The average Bonchev–Trinajstić information content (AvgIpc) is 3.06. The van der Waals surface area contributed by atoms with Gasteiger partial charge in [0.15, 0.2) is 4.77 Å². The molecular formula is C14H16FIN2S. The fourth-order valence-electron chi connectivity index (χ4n) is 2.70. The first-order valence-electron chi connectivity index (χ1n) is 6.50. The van der Waals surface area contributed by atoms with Crippen LogP contribution in [0.2, 0.25) is 0 Å². The highest BCUT2D eigenvalue weighted by molar-refractivity contribution is 14.1. The van der Waals surface area contributed by atoms with Gasteiger partial charge in [-0.3, -0.25) is 0 Å². The number of aromatic amines is 1. The lowest BCUT2D eigenvalue weighted by Crippen LogP contribution is -2.17. The van der Waals surface area contributed by atoms with Crippen LogP contribution in [0.5, 0.6) is 0 Å². The Morgan fingerprint density at radius 1 is 1.47 bits per heavy atom. The molecule has 3 rings (SSSR count). The summed E-state index contributed by atoms with van der Waals surface area (Å²) in [5.74, 6) is 0.457. The SMILES string of the molecule is CC(C)C1(Cn2c(=S)[nH]c3cc(I)c(F)cc32)CC1. The predicted octanol–water partition coefficient (Wildman–Crippen LogP) is 4.88. The maximum Gasteiger partial charge on any atom is 0.178 e. The van der Waals surface area contributed by atoms with E-state index in [1.807, 2.05) is 28.7 Å². The number of benzene rings is 1. The van der Waals surface area contributed by atoms with Gasteiger partial charge in [0, 0.05) is 12.6 Å². The van der Waals surface area contributed by atoms with Gasteiger partial charge in [-0.1, -0.05) is 13.8 Å². The molecule has 1 aliphatic rings. The lowest BCUT2D eigenvalue weighted by molar-refractivity contribution is 0.311. The van der Waals surface area contributed by atoms with E-state index in [4.69, 9.17) is 12.2 Å². The minimum absolute atomic E-state index is 0.176. The van der Waals surface area contributed by atoms with Gasteiger partial charge in [0.25, 0.3) is 0 Å². The molecule has 1 saturated carbocycles. The van der Waals surface area contributed by atoms with E-state index in [2.05, 4.69) is 23.4 Å². The average molecular weight is 390 g/mol. The van der Waals surface area contributed by atoms with Crippen molar-refractivity contribution in [2.24, 2.45) is 11.3 Å². The standard InChI is InChI=1S/C14H16FIN2S/c1-8(2)14(3-4-14)7-18-12-5-9(15)10(16)6-11(12)17-13(18)19/h5-6,8H,3-4,7H2,1-2H3,(H,17,19). The van der Waals surface area contributed by atoms with Gasteiger partial charge in [-0.05, 0) is 65.0 Å². The molecule has 1 aromatic heterocycles. The highest BCUT2D eigenvalue weighted by Crippen LogP contribution is 2.53. The third kappa shape index (κ3) is 2.24. The lowest BCUT2D eigenvalue weighted by atomic mass is 9.92. The predicted molar refractivity (Wildman–Crippen MR) is 86.3 cm³/mol. The van der Waals surface area contributed by atoms with Crippen molar-refractivity contribution in [2.45, 2.75) is 33.2 Å². The van der Waals surface area contributed by atoms with Crippen molar-refractivity contribution >= 4 is 45.8 Å². The van der Waals surface area contributed by atoms with E-state index >= 15 is 0 Å². The third-order valence-electron chi connectivity index (χ3n) is 4.41. The van der Waals surface area contributed by atoms with Crippen molar-refractivity contribution in [1.29, 1.82) is 0 Å². The van der Waals surface area contributed by atoms with E-state index in [1.165, 1.54) is 12.8 Å². The minimum Gasteiger partial charge on any atom is -0.331 e. The van der Waals surface area contributed by atoms with E-state index in [0.29, 0.717) is 19.7 Å². The summed E-state index contributed by atoms with van der Waals surface area (Å²) in [6.45, 7) is 5.41. The van der Waals surface area contributed by atoms with E-state index in [-0.39, 0.29) is 5.82 Å². The van der Waals surface area contributed by atoms with Gasteiger partial charge in [-0.2, -0.15) is 0 Å². The van der Waals surface area contributed by atoms with Crippen molar-refractivity contribution in [3.8, 4) is 0 Å². The van der Waals surface area contributed by atoms with Crippen LogP contribution in [0, 0.1) is 25.5 Å². The Balaban J connectivity index is 2.11. The van der Waals surface area contributed by atoms with Crippen LogP contribution < -0.4 is 0 Å². The van der Waals surface area contributed by atoms with Gasteiger partial charge in [0.05, 0.1) is 14.6 Å². The number of hydrogen-bond donors (Lipinski definition) is 1. The Kier molecular flexibility index (Phi) is 3.24. The first-order chi connectivity index (χ1) is 8.93. The van der Waals surface area contributed by atoms with Crippen LogP contribution in [0.15, 0.2) is 12.1 Å². The normalized spacial score (nSPS) is 17.3. The molecule has 0 bridgehead atoms. The molecule has 1 heterocycles. The number of nitrogens with one attached hydrogen (secondary N) is 1. The van der Waals surface area contributed by atoms with Crippen LogP contribution in [0.4, 0.5) is 4.39 Å². The maximum absolute atomic E-state index is 13.8. The molecule has 19 heavy (non-hydrogen) atoms. The second kappa shape index (κ2) is 4.55. The molecule has 2 nitrogen and oxygen atoms in total. The molecule has 5 heteroatoms. The zero-order chi connectivity index (χ0) is 13.8. The third-order valence-corrected chi connectivity index (χ3v) is 5.56. The molecule has 0 saturated heterocycles.